The van der Waals surface area contributed by atoms with E-state index in [0.717, 1.165) is 11.3 Å². The quantitative estimate of drug-likeness (QED) is 0.592. The second-order valence-electron chi connectivity index (χ2n) is 7.08. The predicted octanol–water partition coefficient (Wildman–Crippen LogP) is 3.28. The smallest absolute Gasteiger partial charge is 0.258 e. The zero-order chi connectivity index (χ0) is 21.1. The average Bonchev–Trinajstić information content (AvgIpc) is 3.41. The zero-order valence-corrected chi connectivity index (χ0v) is 17.1. The normalized spacial score (nSPS) is 16.0. The Bertz CT molecular complexity index is 1010. The Morgan fingerprint density at radius 1 is 1.00 bits per heavy atom. The van der Waals surface area contributed by atoms with Gasteiger partial charge in [-0.3, -0.25) is 4.79 Å². The van der Waals surface area contributed by atoms with Crippen LogP contribution in [0.15, 0.2) is 47.0 Å². The van der Waals surface area contributed by atoms with Crippen LogP contribution in [0, 0.1) is 0 Å². The zero-order valence-electron chi connectivity index (χ0n) is 17.1. The third-order valence-electron chi connectivity index (χ3n) is 5.15. The first-order valence-electron chi connectivity index (χ1n) is 9.57. The van der Waals surface area contributed by atoms with Crippen LogP contribution >= 0.6 is 0 Å². The van der Waals surface area contributed by atoms with Gasteiger partial charge >= 0.3 is 0 Å². The molecule has 3 aromatic rings. The van der Waals surface area contributed by atoms with Crippen molar-refractivity contribution in [2.24, 2.45) is 0 Å². The molecule has 1 saturated heterocycles. The number of rotatable bonds is 7. The lowest BCUT2D eigenvalue weighted by atomic mass is 10.1. The summed E-state index contributed by atoms with van der Waals surface area (Å²) in [6.07, 6.45) is 0.358. The molecule has 4 rings (SSSR count). The molecule has 156 valence electrons. The van der Waals surface area contributed by atoms with E-state index in [1.54, 1.807) is 39.5 Å². The molecule has 0 N–H and O–H groups in total. The van der Waals surface area contributed by atoms with Gasteiger partial charge in [0, 0.05) is 37.1 Å². The lowest BCUT2D eigenvalue weighted by Crippen LogP contribution is -2.24. The summed E-state index contributed by atoms with van der Waals surface area (Å²) in [5.41, 5.74) is 1.74. The Labute approximate surface area is 174 Å². The van der Waals surface area contributed by atoms with Crippen LogP contribution in [0.5, 0.6) is 17.2 Å². The van der Waals surface area contributed by atoms with Crippen LogP contribution in [-0.4, -0.2) is 48.8 Å². The molecular weight excluding hydrogens is 386 g/mol. The molecule has 1 fully saturated rings. The Morgan fingerprint density at radius 2 is 1.67 bits per heavy atom. The van der Waals surface area contributed by atoms with E-state index in [1.165, 1.54) is 0 Å². The largest absolute Gasteiger partial charge is 0.497 e. The minimum atomic E-state index is -0.110. The molecule has 30 heavy (non-hydrogen) atoms. The lowest BCUT2D eigenvalue weighted by molar-refractivity contribution is -0.128. The van der Waals surface area contributed by atoms with Crippen molar-refractivity contribution in [2.45, 2.75) is 18.9 Å². The molecule has 2 heterocycles. The molecule has 8 nitrogen and oxygen atoms in total. The topological polar surface area (TPSA) is 86.9 Å². The van der Waals surface area contributed by atoms with Gasteiger partial charge in [0.2, 0.25) is 5.91 Å². The summed E-state index contributed by atoms with van der Waals surface area (Å²) in [7, 11) is 4.79. The lowest BCUT2D eigenvalue weighted by Gasteiger charge is -2.16. The van der Waals surface area contributed by atoms with Crippen LogP contribution in [0.1, 0.15) is 23.7 Å². The van der Waals surface area contributed by atoms with Crippen molar-refractivity contribution in [1.29, 1.82) is 0 Å². The van der Waals surface area contributed by atoms with E-state index >= 15 is 0 Å². The highest BCUT2D eigenvalue weighted by Gasteiger charge is 2.33. The number of hydrogen-bond donors (Lipinski definition) is 0. The molecule has 0 radical (unpaired) electrons. The number of hydrogen-bond acceptors (Lipinski definition) is 7. The van der Waals surface area contributed by atoms with Crippen LogP contribution in [-0.2, 0) is 11.3 Å². The molecule has 1 unspecified atom stereocenters. The predicted molar refractivity (Wildman–Crippen MR) is 109 cm³/mol. The maximum Gasteiger partial charge on any atom is 0.258 e. The summed E-state index contributed by atoms with van der Waals surface area (Å²) in [4.78, 5) is 18.9. The van der Waals surface area contributed by atoms with E-state index < -0.39 is 0 Å². The van der Waals surface area contributed by atoms with Gasteiger partial charge in [-0.1, -0.05) is 17.3 Å². The van der Waals surface area contributed by atoms with Gasteiger partial charge in [-0.25, -0.2) is 0 Å². The molecule has 1 aliphatic rings. The maximum absolute atomic E-state index is 12.5. The maximum atomic E-state index is 12.5. The highest BCUT2D eigenvalue weighted by Crippen LogP contribution is 2.32. The van der Waals surface area contributed by atoms with Crippen molar-refractivity contribution in [3.63, 3.8) is 0 Å². The minimum absolute atomic E-state index is 0.0743. The Kier molecular flexibility index (Phi) is 5.56. The molecule has 1 atom stereocenters. The van der Waals surface area contributed by atoms with Gasteiger partial charge < -0.3 is 23.6 Å². The van der Waals surface area contributed by atoms with Crippen molar-refractivity contribution >= 4 is 5.91 Å². The molecule has 0 bridgehead atoms. The Balaban J connectivity index is 1.48. The van der Waals surface area contributed by atoms with E-state index in [0.29, 0.717) is 48.3 Å². The SMILES string of the molecule is COc1ccc(CN2CC(c3noc(-c4cc(OC)cc(OC)c4)n3)CC2=O)cc1. The van der Waals surface area contributed by atoms with Gasteiger partial charge in [0.15, 0.2) is 5.82 Å². The molecule has 0 saturated carbocycles. The number of likely N-dealkylation sites (tertiary alicyclic amines) is 1. The molecule has 0 spiro atoms. The van der Waals surface area contributed by atoms with E-state index in [-0.39, 0.29) is 11.8 Å². The van der Waals surface area contributed by atoms with E-state index in [9.17, 15) is 4.79 Å². The van der Waals surface area contributed by atoms with Crippen molar-refractivity contribution in [1.82, 2.24) is 15.0 Å². The summed E-state index contributed by atoms with van der Waals surface area (Å²) in [6, 6.07) is 13.1. The summed E-state index contributed by atoms with van der Waals surface area (Å²) in [5, 5.41) is 4.12. The third kappa shape index (κ3) is 4.07. The number of carbonyl (C=O) groups is 1. The molecule has 2 aromatic carbocycles. The van der Waals surface area contributed by atoms with Crippen molar-refractivity contribution in [2.75, 3.05) is 27.9 Å². The summed E-state index contributed by atoms with van der Waals surface area (Å²) in [6.45, 7) is 1.09. The average molecular weight is 409 g/mol. The van der Waals surface area contributed by atoms with Gasteiger partial charge in [-0.05, 0) is 29.8 Å². The van der Waals surface area contributed by atoms with E-state index in [2.05, 4.69) is 10.1 Å². The number of benzene rings is 2. The van der Waals surface area contributed by atoms with Gasteiger partial charge in [-0.15, -0.1) is 0 Å². The Hall–Kier alpha value is -3.55. The van der Waals surface area contributed by atoms with Crippen LogP contribution in [0.3, 0.4) is 0 Å². The number of ether oxygens (including phenoxy) is 3. The van der Waals surface area contributed by atoms with Crippen LogP contribution in [0.2, 0.25) is 0 Å². The first-order chi connectivity index (χ1) is 14.6. The van der Waals surface area contributed by atoms with Crippen molar-refractivity contribution in [3.05, 3.63) is 53.9 Å². The van der Waals surface area contributed by atoms with Gasteiger partial charge in [0.25, 0.3) is 5.89 Å². The van der Waals surface area contributed by atoms with E-state index in [1.807, 2.05) is 29.2 Å². The monoisotopic (exact) mass is 409 g/mol. The van der Waals surface area contributed by atoms with Crippen LogP contribution in [0.25, 0.3) is 11.5 Å². The third-order valence-corrected chi connectivity index (χ3v) is 5.15. The fourth-order valence-corrected chi connectivity index (χ4v) is 3.50. The number of carbonyl (C=O) groups excluding carboxylic acids is 1. The number of methoxy groups -OCH3 is 3. The summed E-state index contributed by atoms with van der Waals surface area (Å²) >= 11 is 0. The highest BCUT2D eigenvalue weighted by molar-refractivity contribution is 5.79. The summed E-state index contributed by atoms with van der Waals surface area (Å²) < 4.78 is 21.2. The van der Waals surface area contributed by atoms with Gasteiger partial charge in [0.1, 0.15) is 17.2 Å². The fraction of sp³-hybridized carbons (Fsp3) is 0.318. The van der Waals surface area contributed by atoms with Gasteiger partial charge in [-0.2, -0.15) is 4.98 Å². The first kappa shape index (κ1) is 19.8. The number of aromatic nitrogens is 2. The number of amides is 1. The first-order valence-corrected chi connectivity index (χ1v) is 9.57. The molecule has 1 aromatic heterocycles. The van der Waals surface area contributed by atoms with Gasteiger partial charge in [0.05, 0.1) is 21.3 Å². The van der Waals surface area contributed by atoms with Crippen LogP contribution < -0.4 is 14.2 Å². The molecule has 0 aliphatic carbocycles. The minimum Gasteiger partial charge on any atom is -0.497 e. The van der Waals surface area contributed by atoms with Crippen molar-refractivity contribution in [3.8, 4) is 28.7 Å². The Morgan fingerprint density at radius 3 is 2.30 bits per heavy atom. The molecule has 1 aliphatic heterocycles. The van der Waals surface area contributed by atoms with E-state index in [4.69, 9.17) is 18.7 Å². The fourth-order valence-electron chi connectivity index (χ4n) is 3.50. The molecule has 8 heteroatoms. The second-order valence-corrected chi connectivity index (χ2v) is 7.08. The number of nitrogens with zero attached hydrogens (tertiary/aromatic N) is 3. The summed E-state index contributed by atoms with van der Waals surface area (Å²) in [5.74, 6) is 2.90. The second kappa shape index (κ2) is 8.44. The standard InChI is InChI=1S/C22H23N3O5/c1-27-17-6-4-14(5-7-17)12-25-13-16(10-20(25)26)21-23-22(30-24-21)15-8-18(28-2)11-19(9-15)29-3/h4-9,11,16H,10,12-13H2,1-3H3. The highest BCUT2D eigenvalue weighted by atomic mass is 16.5. The van der Waals surface area contributed by atoms with Crippen LogP contribution in [0.4, 0.5) is 0 Å². The van der Waals surface area contributed by atoms with Crippen molar-refractivity contribution < 1.29 is 23.5 Å². The molecule has 1 amide bonds. The molecular formula is C22H23N3O5.